The van der Waals surface area contributed by atoms with Crippen molar-refractivity contribution in [3.63, 3.8) is 0 Å². The maximum atomic E-state index is 11.5. The van der Waals surface area contributed by atoms with E-state index in [0.29, 0.717) is 6.42 Å². The molecule has 0 aromatic heterocycles. The molecule has 3 nitrogen and oxygen atoms in total. The van der Waals surface area contributed by atoms with Gasteiger partial charge in [-0.05, 0) is 26.7 Å². The molecule has 0 atom stereocenters. The molecular formula is C17H34O3. The minimum Gasteiger partial charge on any atom is -0.298 e. The topological polar surface area (TPSA) is 35.5 Å². The summed E-state index contributed by atoms with van der Waals surface area (Å²) in [5, 5.41) is 0. The molecule has 0 unspecified atom stereocenters. The van der Waals surface area contributed by atoms with Gasteiger partial charge in [0.1, 0.15) is 5.60 Å². The summed E-state index contributed by atoms with van der Waals surface area (Å²) in [5.74, 6) is -0.236. The number of carbonyl (C=O) groups excluding carboxylic acids is 1. The van der Waals surface area contributed by atoms with E-state index in [1.165, 1.54) is 38.5 Å². The molecule has 0 aliphatic carbocycles. The van der Waals surface area contributed by atoms with Crippen LogP contribution in [0, 0.1) is 0 Å². The van der Waals surface area contributed by atoms with Crippen LogP contribution in [-0.4, -0.2) is 11.6 Å². The highest BCUT2D eigenvalue weighted by molar-refractivity contribution is 5.68. The number of carbonyl (C=O) groups is 1. The maximum Gasteiger partial charge on any atom is 0.342 e. The second kappa shape index (κ2) is 12.2. The molecule has 3 heteroatoms. The Hall–Kier alpha value is -0.570. The molecule has 0 aromatic carbocycles. The first-order valence-corrected chi connectivity index (χ1v) is 8.40. The van der Waals surface area contributed by atoms with Gasteiger partial charge in [-0.2, -0.15) is 4.89 Å². The summed E-state index contributed by atoms with van der Waals surface area (Å²) < 4.78 is 0. The summed E-state index contributed by atoms with van der Waals surface area (Å²) in [6.45, 7) is 8.21. The minimum absolute atomic E-state index is 0.236. The van der Waals surface area contributed by atoms with Crippen LogP contribution in [0.5, 0.6) is 0 Å². The van der Waals surface area contributed by atoms with Crippen molar-refractivity contribution in [3.8, 4) is 0 Å². The van der Waals surface area contributed by atoms with Crippen molar-refractivity contribution in [2.45, 2.75) is 104 Å². The van der Waals surface area contributed by atoms with E-state index in [9.17, 15) is 4.79 Å². The van der Waals surface area contributed by atoms with E-state index in [1.54, 1.807) is 0 Å². The van der Waals surface area contributed by atoms with Crippen LogP contribution in [0.3, 0.4) is 0 Å². The quantitative estimate of drug-likeness (QED) is 0.252. The fraction of sp³-hybridized carbons (Fsp3) is 0.941. The summed E-state index contributed by atoms with van der Waals surface area (Å²) in [5.41, 5.74) is -0.371. The number of hydrogen-bond donors (Lipinski definition) is 0. The summed E-state index contributed by atoms with van der Waals surface area (Å²) in [7, 11) is 0. The molecule has 0 saturated heterocycles. The Kier molecular flexibility index (Phi) is 11.8. The molecule has 120 valence electrons. The van der Waals surface area contributed by atoms with Crippen molar-refractivity contribution < 1.29 is 14.6 Å². The molecule has 0 spiro atoms. The van der Waals surface area contributed by atoms with E-state index < -0.39 is 0 Å². The Labute approximate surface area is 125 Å². The zero-order valence-corrected chi connectivity index (χ0v) is 14.0. The smallest absolute Gasteiger partial charge is 0.298 e. The Morgan fingerprint density at radius 2 is 1.40 bits per heavy atom. The molecule has 0 aliphatic heterocycles. The van der Waals surface area contributed by atoms with Gasteiger partial charge >= 0.3 is 5.97 Å². The lowest BCUT2D eigenvalue weighted by Crippen LogP contribution is -2.25. The van der Waals surface area contributed by atoms with Gasteiger partial charge in [-0.15, -0.1) is 0 Å². The van der Waals surface area contributed by atoms with Crippen LogP contribution in [0.1, 0.15) is 98.3 Å². The summed E-state index contributed by atoms with van der Waals surface area (Å²) in [6, 6.07) is 0. The fourth-order valence-corrected chi connectivity index (χ4v) is 2.25. The van der Waals surface area contributed by atoms with Gasteiger partial charge in [0.25, 0.3) is 0 Å². The number of hydrogen-bond acceptors (Lipinski definition) is 3. The molecule has 0 fully saturated rings. The Balaban J connectivity index is 3.41. The Morgan fingerprint density at radius 1 is 0.850 bits per heavy atom. The predicted molar refractivity (Wildman–Crippen MR) is 83.4 cm³/mol. The average Bonchev–Trinajstić information content (AvgIpc) is 2.39. The molecule has 20 heavy (non-hydrogen) atoms. The van der Waals surface area contributed by atoms with Gasteiger partial charge in [0.2, 0.25) is 0 Å². The minimum atomic E-state index is -0.371. The Bertz CT molecular complexity index is 236. The monoisotopic (exact) mass is 286 g/mol. The molecule has 0 saturated carbocycles. The van der Waals surface area contributed by atoms with Gasteiger partial charge in [-0.3, -0.25) is 4.89 Å². The first-order chi connectivity index (χ1) is 9.52. The normalized spacial score (nSPS) is 11.6. The lowest BCUT2D eigenvalue weighted by atomic mass is 10.0. The lowest BCUT2D eigenvalue weighted by molar-refractivity contribution is -0.326. The van der Waals surface area contributed by atoms with Crippen molar-refractivity contribution in [1.82, 2.24) is 0 Å². The van der Waals surface area contributed by atoms with Gasteiger partial charge in [0.15, 0.2) is 0 Å². The van der Waals surface area contributed by atoms with Crippen LogP contribution < -0.4 is 0 Å². The van der Waals surface area contributed by atoms with Gasteiger partial charge in [-0.25, -0.2) is 4.79 Å². The molecule has 0 bridgehead atoms. The molecule has 0 aliphatic rings. The van der Waals surface area contributed by atoms with Crippen molar-refractivity contribution >= 4 is 5.97 Å². The highest BCUT2D eigenvalue weighted by Crippen LogP contribution is 2.17. The van der Waals surface area contributed by atoms with Crippen LogP contribution in [0.25, 0.3) is 0 Å². The van der Waals surface area contributed by atoms with E-state index in [4.69, 9.17) is 9.78 Å². The number of rotatable bonds is 13. The molecular weight excluding hydrogens is 252 g/mol. The SMILES string of the molecule is CCCCCCCCCCC(=O)OOC(C)(C)CCC. The zero-order valence-electron chi connectivity index (χ0n) is 14.0. The third-order valence-electron chi connectivity index (χ3n) is 3.45. The Morgan fingerprint density at radius 3 is 1.95 bits per heavy atom. The lowest BCUT2D eigenvalue weighted by Gasteiger charge is -2.21. The van der Waals surface area contributed by atoms with E-state index in [1.807, 2.05) is 13.8 Å². The molecule has 0 heterocycles. The van der Waals surface area contributed by atoms with Crippen molar-refractivity contribution in [2.75, 3.05) is 0 Å². The molecule has 0 radical (unpaired) electrons. The largest absolute Gasteiger partial charge is 0.342 e. The third kappa shape index (κ3) is 12.5. The zero-order chi connectivity index (χ0) is 15.3. The first kappa shape index (κ1) is 19.4. The van der Waals surface area contributed by atoms with Gasteiger partial charge < -0.3 is 0 Å². The fourth-order valence-electron chi connectivity index (χ4n) is 2.25. The summed E-state index contributed by atoms with van der Waals surface area (Å²) in [6.07, 6.45) is 12.2. The highest BCUT2D eigenvalue weighted by atomic mass is 17.2. The van der Waals surface area contributed by atoms with Crippen LogP contribution in [-0.2, 0) is 14.6 Å². The number of unbranched alkanes of at least 4 members (excludes halogenated alkanes) is 7. The summed E-state index contributed by atoms with van der Waals surface area (Å²) in [4.78, 5) is 21.6. The molecule has 0 rings (SSSR count). The van der Waals surface area contributed by atoms with Crippen molar-refractivity contribution in [3.05, 3.63) is 0 Å². The second-order valence-electron chi connectivity index (χ2n) is 6.27. The van der Waals surface area contributed by atoms with Crippen molar-refractivity contribution in [1.29, 1.82) is 0 Å². The van der Waals surface area contributed by atoms with Gasteiger partial charge in [0.05, 0.1) is 0 Å². The van der Waals surface area contributed by atoms with Crippen LogP contribution in [0.2, 0.25) is 0 Å². The van der Waals surface area contributed by atoms with Crippen molar-refractivity contribution in [2.24, 2.45) is 0 Å². The van der Waals surface area contributed by atoms with Crippen LogP contribution in [0.4, 0.5) is 0 Å². The average molecular weight is 286 g/mol. The second-order valence-corrected chi connectivity index (χ2v) is 6.27. The highest BCUT2D eigenvalue weighted by Gasteiger charge is 2.20. The van der Waals surface area contributed by atoms with Gasteiger partial charge in [0, 0.05) is 6.42 Å². The molecule has 0 amide bonds. The van der Waals surface area contributed by atoms with E-state index in [0.717, 1.165) is 25.7 Å². The maximum absolute atomic E-state index is 11.5. The van der Waals surface area contributed by atoms with E-state index in [2.05, 4.69) is 13.8 Å². The first-order valence-electron chi connectivity index (χ1n) is 8.40. The third-order valence-corrected chi connectivity index (χ3v) is 3.45. The molecule has 0 N–H and O–H groups in total. The van der Waals surface area contributed by atoms with Crippen LogP contribution >= 0.6 is 0 Å². The van der Waals surface area contributed by atoms with E-state index in [-0.39, 0.29) is 11.6 Å². The predicted octanol–water partition coefficient (Wildman–Crippen LogP) is 5.57. The van der Waals surface area contributed by atoms with E-state index >= 15 is 0 Å². The standard InChI is InChI=1S/C17H34O3/c1-5-7-8-9-10-11-12-13-14-16(18)19-20-17(3,4)15-6-2/h5-15H2,1-4H3. The molecule has 0 aromatic rings. The summed E-state index contributed by atoms with van der Waals surface area (Å²) >= 11 is 0. The van der Waals surface area contributed by atoms with Crippen LogP contribution in [0.15, 0.2) is 0 Å². The van der Waals surface area contributed by atoms with Gasteiger partial charge in [-0.1, -0.05) is 65.2 Å².